The Kier molecular flexibility index (Phi) is 7.84. The summed E-state index contributed by atoms with van der Waals surface area (Å²) in [7, 11) is 0. The Balaban J connectivity index is 0.00000141. The lowest BCUT2D eigenvalue weighted by Crippen LogP contribution is -2.49. The number of nitriles is 1. The summed E-state index contributed by atoms with van der Waals surface area (Å²) < 4.78 is 8.32. The molecule has 1 saturated heterocycles. The van der Waals surface area contributed by atoms with E-state index in [1.807, 2.05) is 61.6 Å². The van der Waals surface area contributed by atoms with Crippen molar-refractivity contribution in [3.8, 4) is 17.6 Å². The summed E-state index contributed by atoms with van der Waals surface area (Å²) >= 11 is 0. The predicted octanol–water partition coefficient (Wildman–Crippen LogP) is 4.73. The van der Waals surface area contributed by atoms with E-state index < -0.39 is 0 Å². The smallest absolute Gasteiger partial charge is 0.237 e. The summed E-state index contributed by atoms with van der Waals surface area (Å²) in [5.41, 5.74) is 4.93. The highest BCUT2D eigenvalue weighted by Crippen LogP contribution is 2.30. The largest absolute Gasteiger partial charge is 0.456 e. The van der Waals surface area contributed by atoms with Crippen LogP contribution in [0, 0.1) is 11.3 Å². The van der Waals surface area contributed by atoms with Gasteiger partial charge in [0.2, 0.25) is 5.91 Å². The van der Waals surface area contributed by atoms with Gasteiger partial charge < -0.3 is 14.2 Å². The van der Waals surface area contributed by atoms with Crippen molar-refractivity contribution in [3.63, 3.8) is 0 Å². The molecule has 0 radical (unpaired) electrons. The number of amides is 1. The van der Waals surface area contributed by atoms with Gasteiger partial charge in [0.05, 0.1) is 24.1 Å². The lowest BCUT2D eigenvalue weighted by molar-refractivity contribution is -0.136. The molecule has 6 bridgehead atoms. The molecular weight excluding hydrogens is 438 g/mol. The molecule has 3 aliphatic rings. The van der Waals surface area contributed by atoms with E-state index >= 15 is 0 Å². The Morgan fingerprint density at radius 1 is 1.06 bits per heavy atom. The molecule has 4 heterocycles. The molecule has 182 valence electrons. The fraction of sp³-hybridized carbons (Fsp3) is 0.393. The van der Waals surface area contributed by atoms with Crippen molar-refractivity contribution in [2.45, 2.75) is 53.2 Å². The molecule has 1 amide bonds. The van der Waals surface area contributed by atoms with Crippen LogP contribution in [-0.4, -0.2) is 44.9 Å². The molecule has 35 heavy (non-hydrogen) atoms. The number of benzene rings is 2. The first-order chi connectivity index (χ1) is 17.1. The standard InChI is InChI=1S/C26H27N5O2.C2H6/c1-2-3-20-6-7-24-11-22(20)15-30-9-8-29(17-26(30)32)16-23-13-28-18-31(23)14-19-4-5-21(12-27)25(10-19)33-24;1-2/h4-7,10-11,13,18H,2-3,8-9,14-17H2,1H3;1-2H3. The second-order valence-corrected chi connectivity index (χ2v) is 8.76. The van der Waals surface area contributed by atoms with Crippen LogP contribution in [0.25, 0.3) is 0 Å². The van der Waals surface area contributed by atoms with E-state index in [4.69, 9.17) is 4.74 Å². The van der Waals surface area contributed by atoms with Crippen LogP contribution in [-0.2, 0) is 30.8 Å². The number of ether oxygens (including phenoxy) is 1. The van der Waals surface area contributed by atoms with Gasteiger partial charge >= 0.3 is 0 Å². The highest BCUT2D eigenvalue weighted by atomic mass is 16.5. The Labute approximate surface area is 207 Å². The van der Waals surface area contributed by atoms with E-state index in [9.17, 15) is 10.1 Å². The Morgan fingerprint density at radius 3 is 2.69 bits per heavy atom. The van der Waals surface area contributed by atoms with Crippen molar-refractivity contribution in [1.29, 1.82) is 5.26 Å². The third-order valence-electron chi connectivity index (χ3n) is 6.39. The normalized spacial score (nSPS) is 17.0. The number of rotatable bonds is 2. The number of hydrogen-bond donors (Lipinski definition) is 0. The van der Waals surface area contributed by atoms with Crippen molar-refractivity contribution in [2.75, 3.05) is 19.6 Å². The molecule has 1 aromatic heterocycles. The minimum atomic E-state index is 0.144. The van der Waals surface area contributed by atoms with Gasteiger partial charge in [0.15, 0.2) is 0 Å². The maximum Gasteiger partial charge on any atom is 0.237 e. The SMILES string of the molecule is CC.CCCc1ccc2cc1CN1CCN(CC1=O)Cc1cncn1Cc1ccc(C#N)c(c1)O2. The van der Waals surface area contributed by atoms with E-state index in [0.717, 1.165) is 36.2 Å². The minimum absolute atomic E-state index is 0.144. The lowest BCUT2D eigenvalue weighted by atomic mass is 10.0. The molecule has 2 aromatic carbocycles. The van der Waals surface area contributed by atoms with E-state index in [0.29, 0.717) is 49.8 Å². The Hall–Kier alpha value is -3.63. The monoisotopic (exact) mass is 471 g/mol. The van der Waals surface area contributed by atoms with Gasteiger partial charge in [-0.2, -0.15) is 5.26 Å². The number of fused-ring (bicyclic) bond motifs is 2. The zero-order chi connectivity index (χ0) is 24.8. The average Bonchev–Trinajstić information content (AvgIpc) is 3.29. The molecule has 0 saturated carbocycles. The summed E-state index contributed by atoms with van der Waals surface area (Å²) in [4.78, 5) is 21.5. The van der Waals surface area contributed by atoms with Gasteiger partial charge in [0.25, 0.3) is 0 Å². The summed E-state index contributed by atoms with van der Waals surface area (Å²) in [6.07, 6.45) is 5.66. The molecule has 3 aliphatic heterocycles. The van der Waals surface area contributed by atoms with Crippen molar-refractivity contribution >= 4 is 5.91 Å². The van der Waals surface area contributed by atoms with E-state index in [1.54, 1.807) is 0 Å². The zero-order valence-corrected chi connectivity index (χ0v) is 20.8. The van der Waals surface area contributed by atoms with Gasteiger partial charge in [-0.25, -0.2) is 4.98 Å². The summed E-state index contributed by atoms with van der Waals surface area (Å²) in [6, 6.07) is 14.0. The van der Waals surface area contributed by atoms with Crippen LogP contribution in [0.3, 0.4) is 0 Å². The first-order valence-electron chi connectivity index (χ1n) is 12.4. The minimum Gasteiger partial charge on any atom is -0.456 e. The maximum atomic E-state index is 13.0. The molecule has 0 aliphatic carbocycles. The number of imidazole rings is 1. The molecule has 0 N–H and O–H groups in total. The summed E-state index contributed by atoms with van der Waals surface area (Å²) in [5.74, 6) is 1.37. The third-order valence-corrected chi connectivity index (χ3v) is 6.39. The molecule has 3 aromatic rings. The van der Waals surface area contributed by atoms with Crippen molar-refractivity contribution in [3.05, 3.63) is 76.9 Å². The highest BCUT2D eigenvalue weighted by Gasteiger charge is 2.25. The molecule has 1 fully saturated rings. The summed E-state index contributed by atoms with van der Waals surface area (Å²) in [5, 5.41) is 9.62. The summed E-state index contributed by atoms with van der Waals surface area (Å²) in [6.45, 7) is 9.96. The van der Waals surface area contributed by atoms with Crippen LogP contribution in [0.5, 0.6) is 11.5 Å². The fourth-order valence-corrected chi connectivity index (χ4v) is 4.61. The molecule has 1 unspecified atom stereocenters. The van der Waals surface area contributed by atoms with E-state index in [-0.39, 0.29) is 5.91 Å². The maximum absolute atomic E-state index is 13.0. The second-order valence-electron chi connectivity index (χ2n) is 8.76. The molecule has 0 spiro atoms. The number of carbonyl (C=O) groups is 1. The van der Waals surface area contributed by atoms with Crippen molar-refractivity contribution < 1.29 is 9.53 Å². The first-order valence-corrected chi connectivity index (χ1v) is 12.4. The molecule has 6 rings (SSSR count). The van der Waals surface area contributed by atoms with Crippen molar-refractivity contribution in [2.24, 2.45) is 0 Å². The van der Waals surface area contributed by atoms with Crippen molar-refractivity contribution in [1.82, 2.24) is 19.4 Å². The van der Waals surface area contributed by atoms with Gasteiger partial charge in [-0.1, -0.05) is 39.3 Å². The van der Waals surface area contributed by atoms with E-state index in [1.165, 1.54) is 5.56 Å². The number of aryl methyl sites for hydroxylation is 1. The third kappa shape index (κ3) is 5.55. The highest BCUT2D eigenvalue weighted by molar-refractivity contribution is 5.79. The van der Waals surface area contributed by atoms with Gasteiger partial charge in [0, 0.05) is 38.9 Å². The number of nitrogens with zero attached hydrogens (tertiary/aromatic N) is 5. The molecule has 7 heteroatoms. The van der Waals surface area contributed by atoms with Gasteiger partial charge in [-0.15, -0.1) is 0 Å². The Bertz CT molecular complexity index is 1230. The lowest BCUT2D eigenvalue weighted by Gasteiger charge is -2.35. The van der Waals surface area contributed by atoms with E-state index in [2.05, 4.69) is 33.5 Å². The van der Waals surface area contributed by atoms with Crippen LogP contribution in [0.15, 0.2) is 48.9 Å². The van der Waals surface area contributed by atoms with Gasteiger partial charge in [-0.05, 0) is 47.4 Å². The number of hydrogen-bond acceptors (Lipinski definition) is 5. The first kappa shape index (κ1) is 24.5. The topological polar surface area (TPSA) is 74.4 Å². The van der Waals surface area contributed by atoms with Gasteiger partial charge in [-0.3, -0.25) is 9.69 Å². The number of piperazine rings is 1. The fourth-order valence-electron chi connectivity index (χ4n) is 4.61. The number of aromatic nitrogens is 2. The van der Waals surface area contributed by atoms with Crippen LogP contribution >= 0.6 is 0 Å². The predicted molar refractivity (Wildman–Crippen MR) is 135 cm³/mol. The van der Waals surface area contributed by atoms with Crippen LogP contribution < -0.4 is 4.74 Å². The van der Waals surface area contributed by atoms with Crippen LogP contribution in [0.1, 0.15) is 55.1 Å². The average molecular weight is 472 g/mol. The van der Waals surface area contributed by atoms with Crippen LogP contribution in [0.4, 0.5) is 0 Å². The molecule has 1 atom stereocenters. The van der Waals surface area contributed by atoms with Crippen LogP contribution in [0.2, 0.25) is 0 Å². The molecular formula is C28H33N5O2. The molecule has 7 nitrogen and oxygen atoms in total. The zero-order valence-electron chi connectivity index (χ0n) is 20.8. The number of carbonyl (C=O) groups excluding carboxylic acids is 1. The van der Waals surface area contributed by atoms with Gasteiger partial charge in [0.1, 0.15) is 17.6 Å². The second kappa shape index (κ2) is 11.2. The Morgan fingerprint density at radius 2 is 1.91 bits per heavy atom. The quantitative estimate of drug-likeness (QED) is 0.540.